The highest BCUT2D eigenvalue weighted by atomic mass is 16.3. The van der Waals surface area contributed by atoms with Crippen LogP contribution in [0.1, 0.15) is 34.9 Å². The molecule has 116 valence electrons. The summed E-state index contributed by atoms with van der Waals surface area (Å²) in [6, 6.07) is 15.8. The van der Waals surface area contributed by atoms with E-state index in [2.05, 4.69) is 5.32 Å². The van der Waals surface area contributed by atoms with Crippen LogP contribution in [0.3, 0.4) is 0 Å². The number of phenolic OH excluding ortho intramolecular Hbond substituents is 1. The van der Waals surface area contributed by atoms with Crippen molar-refractivity contribution in [2.45, 2.75) is 18.9 Å². The smallest absolute Gasteiger partial charge is 0.164 e. The number of phenols is 1. The Kier molecular flexibility index (Phi) is 6.13. The number of benzene rings is 2. The molecule has 0 aromatic heterocycles. The molecule has 0 aliphatic heterocycles. The van der Waals surface area contributed by atoms with Crippen molar-refractivity contribution in [3.63, 3.8) is 0 Å². The number of carbonyl (C=O) groups excluding carboxylic acids is 1. The fourth-order valence-corrected chi connectivity index (χ4v) is 2.20. The molecule has 0 aliphatic rings. The van der Waals surface area contributed by atoms with E-state index in [0.717, 1.165) is 11.1 Å². The van der Waals surface area contributed by atoms with Gasteiger partial charge in [-0.1, -0.05) is 42.5 Å². The molecule has 2 aromatic rings. The van der Waals surface area contributed by atoms with Crippen LogP contribution in [0.15, 0.2) is 54.6 Å². The van der Waals surface area contributed by atoms with Gasteiger partial charge in [-0.05, 0) is 30.7 Å². The van der Waals surface area contributed by atoms with Crippen molar-refractivity contribution in [1.29, 1.82) is 0 Å². The van der Waals surface area contributed by atoms with E-state index >= 15 is 0 Å². The molecule has 0 bridgehead atoms. The summed E-state index contributed by atoms with van der Waals surface area (Å²) in [6.45, 7) is 1.22. The summed E-state index contributed by atoms with van der Waals surface area (Å²) >= 11 is 0. The van der Waals surface area contributed by atoms with Crippen molar-refractivity contribution in [1.82, 2.24) is 5.32 Å². The Bertz CT molecular complexity index is 581. The van der Waals surface area contributed by atoms with Crippen LogP contribution in [-0.2, 0) is 0 Å². The van der Waals surface area contributed by atoms with Crippen molar-refractivity contribution in [2.75, 3.05) is 13.1 Å². The van der Waals surface area contributed by atoms with Crippen LogP contribution in [-0.4, -0.2) is 29.1 Å². The maximum atomic E-state index is 11.9. The minimum atomic E-state index is -0.571. The van der Waals surface area contributed by atoms with E-state index in [9.17, 15) is 15.0 Å². The van der Waals surface area contributed by atoms with Crippen LogP contribution >= 0.6 is 0 Å². The molecule has 0 spiro atoms. The quantitative estimate of drug-likeness (QED) is 0.518. The molecule has 2 rings (SSSR count). The van der Waals surface area contributed by atoms with E-state index in [1.54, 1.807) is 24.3 Å². The Morgan fingerprint density at radius 2 is 1.68 bits per heavy atom. The van der Waals surface area contributed by atoms with Crippen molar-refractivity contribution in [3.8, 4) is 5.75 Å². The lowest BCUT2D eigenvalue weighted by molar-refractivity contribution is 0.0982. The summed E-state index contributed by atoms with van der Waals surface area (Å²) in [5.74, 6) is 0.306. The van der Waals surface area contributed by atoms with E-state index in [4.69, 9.17) is 0 Å². The Labute approximate surface area is 130 Å². The third-order valence-electron chi connectivity index (χ3n) is 3.50. The average Bonchev–Trinajstić information content (AvgIpc) is 2.55. The van der Waals surface area contributed by atoms with E-state index < -0.39 is 6.10 Å². The second kappa shape index (κ2) is 8.32. The number of nitrogens with one attached hydrogen (secondary N) is 1. The normalized spacial score (nSPS) is 12.0. The molecular weight excluding hydrogens is 278 g/mol. The van der Waals surface area contributed by atoms with Crippen LogP contribution < -0.4 is 5.32 Å². The highest BCUT2D eigenvalue weighted by molar-refractivity contribution is 5.96. The van der Waals surface area contributed by atoms with Gasteiger partial charge in [0.15, 0.2) is 5.78 Å². The Balaban J connectivity index is 1.65. The van der Waals surface area contributed by atoms with Crippen molar-refractivity contribution in [2.24, 2.45) is 0 Å². The molecule has 2 aromatic carbocycles. The van der Waals surface area contributed by atoms with Gasteiger partial charge in [-0.25, -0.2) is 0 Å². The topological polar surface area (TPSA) is 69.6 Å². The predicted octanol–water partition coefficient (Wildman–Crippen LogP) is 2.68. The molecule has 22 heavy (non-hydrogen) atoms. The zero-order valence-corrected chi connectivity index (χ0v) is 12.4. The number of ketones is 1. The molecule has 0 fully saturated rings. The molecule has 4 nitrogen and oxygen atoms in total. The first-order chi connectivity index (χ1) is 10.7. The monoisotopic (exact) mass is 299 g/mol. The summed E-state index contributed by atoms with van der Waals surface area (Å²) in [7, 11) is 0. The predicted molar refractivity (Wildman–Crippen MR) is 85.9 cm³/mol. The number of hydrogen-bond acceptors (Lipinski definition) is 4. The zero-order valence-electron chi connectivity index (χ0n) is 12.4. The molecule has 0 saturated heterocycles. The fraction of sp³-hybridized carbons (Fsp3) is 0.278. The SMILES string of the molecule is O=C(CCNCCC(O)c1ccc(O)cc1)c1ccccc1. The van der Waals surface area contributed by atoms with Crippen LogP contribution in [0.25, 0.3) is 0 Å². The van der Waals surface area contributed by atoms with E-state index in [0.29, 0.717) is 25.9 Å². The van der Waals surface area contributed by atoms with Gasteiger partial charge in [0.1, 0.15) is 5.75 Å². The first kappa shape index (κ1) is 16.2. The standard InChI is InChI=1S/C18H21NO3/c20-16-8-6-15(7-9-16)18(22)11-13-19-12-10-17(21)14-4-2-1-3-5-14/h1-9,18-20,22H,10-13H2. The molecule has 0 saturated carbocycles. The zero-order chi connectivity index (χ0) is 15.8. The van der Waals surface area contributed by atoms with Gasteiger partial charge in [-0.3, -0.25) is 4.79 Å². The minimum Gasteiger partial charge on any atom is -0.508 e. The number of aliphatic hydroxyl groups is 1. The summed E-state index contributed by atoms with van der Waals surface area (Å²) < 4.78 is 0. The molecule has 0 heterocycles. The number of aliphatic hydroxyl groups excluding tert-OH is 1. The molecular formula is C18H21NO3. The first-order valence-corrected chi connectivity index (χ1v) is 7.43. The van der Waals surface area contributed by atoms with Gasteiger partial charge in [-0.15, -0.1) is 0 Å². The number of aromatic hydroxyl groups is 1. The molecule has 0 amide bonds. The Morgan fingerprint density at radius 1 is 1.00 bits per heavy atom. The third-order valence-corrected chi connectivity index (χ3v) is 3.50. The lowest BCUT2D eigenvalue weighted by Crippen LogP contribution is -2.21. The first-order valence-electron chi connectivity index (χ1n) is 7.43. The number of rotatable bonds is 8. The highest BCUT2D eigenvalue weighted by Gasteiger charge is 2.08. The van der Waals surface area contributed by atoms with Gasteiger partial charge < -0.3 is 15.5 Å². The maximum absolute atomic E-state index is 11.9. The fourth-order valence-electron chi connectivity index (χ4n) is 2.20. The van der Waals surface area contributed by atoms with Gasteiger partial charge >= 0.3 is 0 Å². The van der Waals surface area contributed by atoms with Gasteiger partial charge in [0.05, 0.1) is 6.10 Å². The second-order valence-corrected chi connectivity index (χ2v) is 5.19. The van der Waals surface area contributed by atoms with Gasteiger partial charge in [0.25, 0.3) is 0 Å². The molecule has 4 heteroatoms. The Hall–Kier alpha value is -2.17. The van der Waals surface area contributed by atoms with Crippen molar-refractivity contribution in [3.05, 3.63) is 65.7 Å². The Morgan fingerprint density at radius 3 is 2.36 bits per heavy atom. The minimum absolute atomic E-state index is 0.118. The van der Waals surface area contributed by atoms with Crippen LogP contribution in [0, 0.1) is 0 Å². The largest absolute Gasteiger partial charge is 0.508 e. The summed E-state index contributed by atoms with van der Waals surface area (Å²) in [5.41, 5.74) is 1.51. The molecule has 0 radical (unpaired) electrons. The molecule has 1 unspecified atom stereocenters. The average molecular weight is 299 g/mol. The highest BCUT2D eigenvalue weighted by Crippen LogP contribution is 2.18. The number of hydrogen-bond donors (Lipinski definition) is 3. The van der Waals surface area contributed by atoms with Crippen LogP contribution in [0.2, 0.25) is 0 Å². The third kappa shape index (κ3) is 4.98. The van der Waals surface area contributed by atoms with E-state index in [1.165, 1.54) is 0 Å². The van der Waals surface area contributed by atoms with Crippen molar-refractivity contribution >= 4 is 5.78 Å². The van der Waals surface area contributed by atoms with Crippen LogP contribution in [0.4, 0.5) is 0 Å². The lowest BCUT2D eigenvalue weighted by atomic mass is 10.1. The number of Topliss-reactive ketones (excluding diaryl/α,β-unsaturated/α-hetero) is 1. The molecule has 3 N–H and O–H groups in total. The second-order valence-electron chi connectivity index (χ2n) is 5.19. The molecule has 0 aliphatic carbocycles. The van der Waals surface area contributed by atoms with Gasteiger partial charge in [-0.2, -0.15) is 0 Å². The van der Waals surface area contributed by atoms with Gasteiger partial charge in [0.2, 0.25) is 0 Å². The lowest BCUT2D eigenvalue weighted by Gasteiger charge is -2.11. The molecule has 1 atom stereocenters. The maximum Gasteiger partial charge on any atom is 0.164 e. The van der Waals surface area contributed by atoms with Gasteiger partial charge in [0, 0.05) is 18.5 Å². The summed E-state index contributed by atoms with van der Waals surface area (Å²) in [6.07, 6.45) is 0.432. The van der Waals surface area contributed by atoms with Crippen molar-refractivity contribution < 1.29 is 15.0 Å². The van der Waals surface area contributed by atoms with E-state index in [1.807, 2.05) is 30.3 Å². The number of carbonyl (C=O) groups is 1. The van der Waals surface area contributed by atoms with Crippen LogP contribution in [0.5, 0.6) is 5.75 Å². The summed E-state index contributed by atoms with van der Waals surface area (Å²) in [4.78, 5) is 11.9. The summed E-state index contributed by atoms with van der Waals surface area (Å²) in [5, 5.41) is 22.4. The van der Waals surface area contributed by atoms with E-state index in [-0.39, 0.29) is 11.5 Å².